The summed E-state index contributed by atoms with van der Waals surface area (Å²) in [7, 11) is 0. The summed E-state index contributed by atoms with van der Waals surface area (Å²) in [4.78, 5) is 35.4. The first-order valence-electron chi connectivity index (χ1n) is 7.71. The molecule has 126 valence electrons. The maximum atomic E-state index is 12.9. The molecule has 3 rings (SSSR count). The highest BCUT2D eigenvalue weighted by Crippen LogP contribution is 2.14. The molecule has 0 radical (unpaired) electrons. The number of halogens is 1. The summed E-state index contributed by atoms with van der Waals surface area (Å²) in [6, 6.07) is 5.51. The Morgan fingerprint density at radius 2 is 2.04 bits per heavy atom. The summed E-state index contributed by atoms with van der Waals surface area (Å²) >= 11 is 0. The van der Waals surface area contributed by atoms with Crippen LogP contribution in [-0.4, -0.2) is 41.0 Å². The zero-order valence-electron chi connectivity index (χ0n) is 12.9. The van der Waals surface area contributed by atoms with Gasteiger partial charge in [0.15, 0.2) is 0 Å². The van der Waals surface area contributed by atoms with Gasteiger partial charge in [-0.05, 0) is 17.7 Å². The number of hydrogen-bond acceptors (Lipinski definition) is 4. The van der Waals surface area contributed by atoms with Crippen LogP contribution in [0.5, 0.6) is 0 Å². The van der Waals surface area contributed by atoms with Gasteiger partial charge in [0.25, 0.3) is 5.91 Å². The molecule has 24 heavy (non-hydrogen) atoms. The molecule has 3 amide bonds. The van der Waals surface area contributed by atoms with E-state index in [1.54, 1.807) is 12.1 Å². The van der Waals surface area contributed by atoms with Crippen LogP contribution in [0.4, 0.5) is 4.39 Å². The quantitative estimate of drug-likeness (QED) is 0.831. The molecule has 1 aromatic carbocycles. The molecular weight excluding hydrogens is 315 g/mol. The largest absolute Gasteiger partial charge is 0.354 e. The third kappa shape index (κ3) is 3.76. The fourth-order valence-electron chi connectivity index (χ4n) is 2.63. The number of carbonyl (C=O) groups excluding carboxylic acids is 3. The molecule has 2 aliphatic rings. The summed E-state index contributed by atoms with van der Waals surface area (Å²) < 4.78 is 12.9. The van der Waals surface area contributed by atoms with E-state index in [2.05, 4.69) is 15.7 Å². The molecule has 0 aromatic heterocycles. The van der Waals surface area contributed by atoms with E-state index in [4.69, 9.17) is 0 Å². The molecule has 8 heteroatoms. The molecule has 2 aliphatic heterocycles. The minimum atomic E-state index is -0.367. The van der Waals surface area contributed by atoms with Gasteiger partial charge in [-0.3, -0.25) is 14.4 Å². The zero-order valence-corrected chi connectivity index (χ0v) is 12.9. The molecule has 1 saturated heterocycles. The Bertz CT molecular complexity index is 702. The van der Waals surface area contributed by atoms with Gasteiger partial charge in [0.05, 0.1) is 12.6 Å². The van der Waals surface area contributed by atoms with Crippen molar-refractivity contribution in [3.8, 4) is 0 Å². The van der Waals surface area contributed by atoms with Crippen molar-refractivity contribution in [2.75, 3.05) is 6.54 Å². The first kappa shape index (κ1) is 16.1. The summed E-state index contributed by atoms with van der Waals surface area (Å²) in [6.07, 6.45) is 0.700. The summed E-state index contributed by atoms with van der Waals surface area (Å²) in [5, 5.41) is 10.7. The lowest BCUT2D eigenvalue weighted by atomic mass is 10.1. The molecule has 0 unspecified atom stereocenters. The van der Waals surface area contributed by atoms with Crippen LogP contribution in [0.1, 0.15) is 24.8 Å². The molecule has 0 aliphatic carbocycles. The van der Waals surface area contributed by atoms with E-state index in [0.717, 1.165) is 5.56 Å². The second kappa shape index (κ2) is 6.77. The highest BCUT2D eigenvalue weighted by atomic mass is 19.1. The van der Waals surface area contributed by atoms with Crippen LogP contribution in [0.2, 0.25) is 0 Å². The number of nitrogens with one attached hydrogen (secondary N) is 2. The van der Waals surface area contributed by atoms with Crippen molar-refractivity contribution in [1.82, 2.24) is 15.6 Å². The van der Waals surface area contributed by atoms with Gasteiger partial charge >= 0.3 is 0 Å². The van der Waals surface area contributed by atoms with E-state index in [-0.39, 0.29) is 61.1 Å². The Morgan fingerprint density at radius 3 is 2.71 bits per heavy atom. The van der Waals surface area contributed by atoms with Gasteiger partial charge in [-0.2, -0.15) is 5.10 Å². The van der Waals surface area contributed by atoms with E-state index < -0.39 is 0 Å². The van der Waals surface area contributed by atoms with Crippen LogP contribution >= 0.6 is 0 Å². The Hall–Kier alpha value is -2.77. The fourth-order valence-corrected chi connectivity index (χ4v) is 2.63. The van der Waals surface area contributed by atoms with E-state index >= 15 is 0 Å². The van der Waals surface area contributed by atoms with Crippen molar-refractivity contribution >= 4 is 23.4 Å². The van der Waals surface area contributed by atoms with Gasteiger partial charge in [-0.25, -0.2) is 9.40 Å². The normalized spacial score (nSPS) is 20.6. The topological polar surface area (TPSA) is 90.9 Å². The smallest absolute Gasteiger partial charge is 0.267 e. The zero-order chi connectivity index (χ0) is 17.1. The maximum Gasteiger partial charge on any atom is 0.267 e. The number of amides is 3. The summed E-state index contributed by atoms with van der Waals surface area (Å²) in [6.45, 7) is 0.579. The summed E-state index contributed by atoms with van der Waals surface area (Å²) in [5.41, 5.74) is 0.983. The van der Waals surface area contributed by atoms with Gasteiger partial charge in [0.1, 0.15) is 11.5 Å². The first-order valence-corrected chi connectivity index (χ1v) is 7.71. The van der Waals surface area contributed by atoms with Gasteiger partial charge in [0.2, 0.25) is 11.8 Å². The van der Waals surface area contributed by atoms with Crippen molar-refractivity contribution in [2.24, 2.45) is 5.10 Å². The van der Waals surface area contributed by atoms with Crippen molar-refractivity contribution in [2.45, 2.75) is 31.8 Å². The second-order valence-corrected chi connectivity index (χ2v) is 5.80. The standard InChI is InChI=1S/C16H17FN4O3/c17-11-3-1-10(2-4-11)9-21-15(23)6-5-13(20-21)16(24)19-12-7-14(22)18-8-12/h1-4,12H,5-9H2,(H,18,22)(H,19,24)/t12-/m0/s1. The van der Waals surface area contributed by atoms with Crippen LogP contribution in [-0.2, 0) is 20.9 Å². The average Bonchev–Trinajstić information content (AvgIpc) is 2.96. The van der Waals surface area contributed by atoms with E-state index in [1.807, 2.05) is 0 Å². The van der Waals surface area contributed by atoms with Crippen LogP contribution in [0.15, 0.2) is 29.4 Å². The van der Waals surface area contributed by atoms with Crippen LogP contribution < -0.4 is 10.6 Å². The summed E-state index contributed by atoms with van der Waals surface area (Å²) in [5.74, 6) is -1.01. The monoisotopic (exact) mass is 332 g/mol. The van der Waals surface area contributed by atoms with Gasteiger partial charge < -0.3 is 10.6 Å². The van der Waals surface area contributed by atoms with Gasteiger partial charge in [-0.15, -0.1) is 0 Å². The molecular formula is C16H17FN4O3. The fraction of sp³-hybridized carbons (Fsp3) is 0.375. The third-order valence-electron chi connectivity index (χ3n) is 3.93. The van der Waals surface area contributed by atoms with Crippen LogP contribution in [0, 0.1) is 5.82 Å². The number of nitrogens with zero attached hydrogens (tertiary/aromatic N) is 2. The predicted molar refractivity (Wildman–Crippen MR) is 83.2 cm³/mol. The molecule has 1 atom stereocenters. The van der Waals surface area contributed by atoms with Crippen molar-refractivity contribution in [3.63, 3.8) is 0 Å². The van der Waals surface area contributed by atoms with Crippen molar-refractivity contribution in [3.05, 3.63) is 35.6 Å². The van der Waals surface area contributed by atoms with Gasteiger partial charge in [-0.1, -0.05) is 12.1 Å². The molecule has 2 N–H and O–H groups in total. The first-order chi connectivity index (χ1) is 11.5. The molecule has 0 bridgehead atoms. The lowest BCUT2D eigenvalue weighted by Crippen LogP contribution is -2.43. The predicted octanol–water partition coefficient (Wildman–Crippen LogP) is 0.309. The Kier molecular flexibility index (Phi) is 4.54. The third-order valence-corrected chi connectivity index (χ3v) is 3.93. The van der Waals surface area contributed by atoms with Crippen LogP contribution in [0.25, 0.3) is 0 Å². The van der Waals surface area contributed by atoms with Crippen LogP contribution in [0.3, 0.4) is 0 Å². The highest BCUT2D eigenvalue weighted by Gasteiger charge is 2.28. The lowest BCUT2D eigenvalue weighted by molar-refractivity contribution is -0.132. The van der Waals surface area contributed by atoms with Crippen molar-refractivity contribution < 1.29 is 18.8 Å². The molecule has 1 aromatic rings. The molecule has 0 spiro atoms. The number of hydrogen-bond donors (Lipinski definition) is 2. The minimum absolute atomic E-state index is 0.0982. The molecule has 7 nitrogen and oxygen atoms in total. The average molecular weight is 332 g/mol. The second-order valence-electron chi connectivity index (χ2n) is 5.80. The number of hydrazone groups is 1. The number of carbonyl (C=O) groups is 3. The Morgan fingerprint density at radius 1 is 1.29 bits per heavy atom. The molecule has 0 saturated carbocycles. The van der Waals surface area contributed by atoms with E-state index in [1.165, 1.54) is 17.1 Å². The number of benzene rings is 1. The minimum Gasteiger partial charge on any atom is -0.354 e. The Balaban J connectivity index is 1.66. The Labute approximate surface area is 137 Å². The highest BCUT2D eigenvalue weighted by molar-refractivity contribution is 6.39. The molecule has 1 fully saturated rings. The van der Waals surface area contributed by atoms with Crippen molar-refractivity contribution in [1.29, 1.82) is 0 Å². The lowest BCUT2D eigenvalue weighted by Gasteiger charge is -2.23. The number of rotatable bonds is 4. The molecule has 2 heterocycles. The van der Waals surface area contributed by atoms with E-state index in [0.29, 0.717) is 6.54 Å². The van der Waals surface area contributed by atoms with E-state index in [9.17, 15) is 18.8 Å². The maximum absolute atomic E-state index is 12.9. The van der Waals surface area contributed by atoms with Gasteiger partial charge in [0, 0.05) is 25.8 Å². The SMILES string of the molecule is O=C1C[C@H](NC(=O)C2=NN(Cc3ccc(F)cc3)C(=O)CC2)CN1.